The van der Waals surface area contributed by atoms with Crippen LogP contribution in [0.15, 0.2) is 48.6 Å². The average Bonchev–Trinajstić information content (AvgIpc) is 3.26. The minimum absolute atomic E-state index is 0.0813. The number of carbonyl (C=O) groups excluding carboxylic acids is 3. The average molecular weight is 855 g/mol. The van der Waals surface area contributed by atoms with Gasteiger partial charge in [0.25, 0.3) is 0 Å². The molecule has 0 aromatic rings. The van der Waals surface area contributed by atoms with E-state index in [1.165, 1.54) is 109 Å². The first kappa shape index (κ1) is 58.4. The summed E-state index contributed by atoms with van der Waals surface area (Å²) < 4.78 is 16.8. The first-order valence-corrected chi connectivity index (χ1v) is 26.1. The Hall–Kier alpha value is -2.63. The van der Waals surface area contributed by atoms with Crippen molar-refractivity contribution in [2.24, 2.45) is 0 Å². The Kier molecular flexibility index (Phi) is 47.9. The predicted octanol–water partition coefficient (Wildman–Crippen LogP) is 17.1. The molecule has 0 N–H and O–H groups in total. The minimum Gasteiger partial charge on any atom is -0.462 e. The fraction of sp³-hybridized carbons (Fsp3) is 0.800. The van der Waals surface area contributed by atoms with E-state index in [2.05, 4.69) is 69.4 Å². The molecular formula is C55H98O6. The second kappa shape index (κ2) is 50.0. The summed E-state index contributed by atoms with van der Waals surface area (Å²) in [4.78, 5) is 37.9. The third kappa shape index (κ3) is 48.3. The molecule has 6 nitrogen and oxygen atoms in total. The predicted molar refractivity (Wildman–Crippen MR) is 261 cm³/mol. The summed E-state index contributed by atoms with van der Waals surface area (Å²) in [6.07, 6.45) is 59.6. The van der Waals surface area contributed by atoms with Gasteiger partial charge < -0.3 is 14.2 Å². The third-order valence-corrected chi connectivity index (χ3v) is 11.3. The summed E-state index contributed by atoms with van der Waals surface area (Å²) in [5.74, 6) is -0.904. The monoisotopic (exact) mass is 855 g/mol. The zero-order valence-corrected chi connectivity index (χ0v) is 40.4. The topological polar surface area (TPSA) is 78.9 Å². The van der Waals surface area contributed by atoms with Crippen LogP contribution >= 0.6 is 0 Å². The molecule has 0 aliphatic heterocycles. The van der Waals surface area contributed by atoms with Crippen LogP contribution in [0.4, 0.5) is 0 Å². The van der Waals surface area contributed by atoms with Crippen molar-refractivity contribution in [2.75, 3.05) is 13.2 Å². The standard InChI is InChI=1S/C55H98O6/c1-4-7-10-13-16-19-22-25-26-27-28-29-30-31-34-36-39-42-45-48-54(57)60-51-52(61-55(58)49-46-43-40-37-33-24-21-18-15-12-9-6-3)50-59-53(56)47-44-41-38-35-32-23-20-17-14-11-8-5-2/h8-9,11-12,17-18,20-21,52H,4-7,10,13-16,19,22-51H2,1-3H3/b11-8-,12-9-,20-17-,21-18-. The number of ether oxygens (including phenoxy) is 3. The Bertz CT molecular complexity index is 1070. The van der Waals surface area contributed by atoms with E-state index in [1.807, 2.05) is 0 Å². The third-order valence-electron chi connectivity index (χ3n) is 11.3. The molecule has 6 heteroatoms. The van der Waals surface area contributed by atoms with Crippen LogP contribution < -0.4 is 0 Å². The molecule has 0 saturated carbocycles. The van der Waals surface area contributed by atoms with Crippen LogP contribution in [0.3, 0.4) is 0 Å². The first-order chi connectivity index (χ1) is 30.0. The van der Waals surface area contributed by atoms with Gasteiger partial charge in [-0.15, -0.1) is 0 Å². The van der Waals surface area contributed by atoms with Crippen molar-refractivity contribution in [3.8, 4) is 0 Å². The lowest BCUT2D eigenvalue weighted by atomic mass is 10.0. The van der Waals surface area contributed by atoms with E-state index in [1.54, 1.807) is 0 Å². The Morgan fingerprint density at radius 2 is 0.639 bits per heavy atom. The molecule has 0 rings (SSSR count). The highest BCUT2D eigenvalue weighted by Crippen LogP contribution is 2.16. The van der Waals surface area contributed by atoms with Gasteiger partial charge in [0, 0.05) is 19.3 Å². The number of allylic oxidation sites excluding steroid dienone is 8. The molecule has 0 aromatic heterocycles. The zero-order valence-electron chi connectivity index (χ0n) is 40.4. The Labute approximate surface area is 378 Å². The van der Waals surface area contributed by atoms with Crippen molar-refractivity contribution in [3.63, 3.8) is 0 Å². The maximum absolute atomic E-state index is 12.8. The van der Waals surface area contributed by atoms with Crippen molar-refractivity contribution in [1.29, 1.82) is 0 Å². The first-order valence-electron chi connectivity index (χ1n) is 26.1. The van der Waals surface area contributed by atoms with Crippen LogP contribution in [0.25, 0.3) is 0 Å². The van der Waals surface area contributed by atoms with Crippen molar-refractivity contribution in [2.45, 2.75) is 271 Å². The molecule has 0 heterocycles. The summed E-state index contributed by atoms with van der Waals surface area (Å²) in [6, 6.07) is 0. The second-order valence-electron chi connectivity index (χ2n) is 17.4. The van der Waals surface area contributed by atoms with E-state index in [0.29, 0.717) is 19.3 Å². The molecule has 0 amide bonds. The number of rotatable bonds is 47. The smallest absolute Gasteiger partial charge is 0.306 e. The number of carbonyl (C=O) groups is 3. The summed E-state index contributed by atoms with van der Waals surface area (Å²) in [6.45, 7) is 6.41. The van der Waals surface area contributed by atoms with Crippen molar-refractivity contribution in [1.82, 2.24) is 0 Å². The molecule has 0 aliphatic rings. The van der Waals surface area contributed by atoms with Crippen molar-refractivity contribution >= 4 is 17.9 Å². The SMILES string of the molecule is CC/C=C\C/C=C\CCCCCCCC(=O)OCC(COC(=O)CCCCCCCCCCCCCCCCCCCCC)OC(=O)CCCCCCC/C=C\C/C=C\CC. The fourth-order valence-corrected chi connectivity index (χ4v) is 7.46. The van der Waals surface area contributed by atoms with Gasteiger partial charge in [0.05, 0.1) is 0 Å². The molecule has 354 valence electrons. The lowest BCUT2D eigenvalue weighted by Gasteiger charge is -2.18. The van der Waals surface area contributed by atoms with Crippen LogP contribution in [0.5, 0.6) is 0 Å². The van der Waals surface area contributed by atoms with Crippen molar-refractivity contribution < 1.29 is 28.6 Å². The minimum atomic E-state index is -0.782. The van der Waals surface area contributed by atoms with E-state index in [0.717, 1.165) is 116 Å². The normalized spacial score (nSPS) is 12.4. The van der Waals surface area contributed by atoms with Crippen molar-refractivity contribution in [3.05, 3.63) is 48.6 Å². The van der Waals surface area contributed by atoms with Gasteiger partial charge in [-0.25, -0.2) is 0 Å². The second-order valence-corrected chi connectivity index (χ2v) is 17.4. The van der Waals surface area contributed by atoms with Gasteiger partial charge in [0.1, 0.15) is 13.2 Å². The molecule has 0 bridgehead atoms. The summed E-state index contributed by atoms with van der Waals surface area (Å²) in [7, 11) is 0. The van der Waals surface area contributed by atoms with Crippen LogP contribution in [-0.4, -0.2) is 37.2 Å². The number of hydrogen-bond acceptors (Lipinski definition) is 6. The Balaban J connectivity index is 4.30. The lowest BCUT2D eigenvalue weighted by molar-refractivity contribution is -0.167. The van der Waals surface area contributed by atoms with Gasteiger partial charge in [-0.05, 0) is 70.6 Å². The molecule has 0 aromatic carbocycles. The van der Waals surface area contributed by atoms with Gasteiger partial charge in [-0.2, -0.15) is 0 Å². The van der Waals surface area contributed by atoms with Crippen LogP contribution in [0.2, 0.25) is 0 Å². The molecule has 61 heavy (non-hydrogen) atoms. The maximum Gasteiger partial charge on any atom is 0.306 e. The van der Waals surface area contributed by atoms with E-state index < -0.39 is 6.10 Å². The summed E-state index contributed by atoms with van der Waals surface area (Å²) in [5.41, 5.74) is 0. The van der Waals surface area contributed by atoms with E-state index >= 15 is 0 Å². The summed E-state index contributed by atoms with van der Waals surface area (Å²) >= 11 is 0. The van der Waals surface area contributed by atoms with E-state index in [9.17, 15) is 14.4 Å². The van der Waals surface area contributed by atoms with Gasteiger partial charge >= 0.3 is 17.9 Å². The van der Waals surface area contributed by atoms with Gasteiger partial charge in [-0.1, -0.05) is 223 Å². The number of hydrogen-bond donors (Lipinski definition) is 0. The molecule has 1 atom stereocenters. The van der Waals surface area contributed by atoms with Gasteiger partial charge in [-0.3, -0.25) is 14.4 Å². The summed E-state index contributed by atoms with van der Waals surface area (Å²) in [5, 5.41) is 0. The van der Waals surface area contributed by atoms with Crippen LogP contribution in [0, 0.1) is 0 Å². The highest BCUT2D eigenvalue weighted by atomic mass is 16.6. The molecule has 0 saturated heterocycles. The Morgan fingerprint density at radius 3 is 0.984 bits per heavy atom. The molecule has 0 spiro atoms. The molecule has 0 aliphatic carbocycles. The van der Waals surface area contributed by atoms with E-state index in [4.69, 9.17) is 14.2 Å². The lowest BCUT2D eigenvalue weighted by Crippen LogP contribution is -2.30. The largest absolute Gasteiger partial charge is 0.462 e. The van der Waals surface area contributed by atoms with Crippen LogP contribution in [-0.2, 0) is 28.6 Å². The quantitative estimate of drug-likeness (QED) is 0.0263. The highest BCUT2D eigenvalue weighted by Gasteiger charge is 2.19. The van der Waals surface area contributed by atoms with Crippen LogP contribution in [0.1, 0.15) is 265 Å². The van der Waals surface area contributed by atoms with Gasteiger partial charge in [0.2, 0.25) is 0 Å². The molecule has 0 fully saturated rings. The van der Waals surface area contributed by atoms with E-state index in [-0.39, 0.29) is 31.1 Å². The number of unbranched alkanes of at least 4 members (excludes halogenated alkanes) is 28. The van der Waals surface area contributed by atoms with Gasteiger partial charge in [0.15, 0.2) is 6.10 Å². The highest BCUT2D eigenvalue weighted by molar-refractivity contribution is 5.71. The number of esters is 3. The maximum atomic E-state index is 12.8. The molecule has 1 unspecified atom stereocenters. The fourth-order valence-electron chi connectivity index (χ4n) is 7.46. The Morgan fingerprint density at radius 1 is 0.344 bits per heavy atom. The molecular weight excluding hydrogens is 757 g/mol. The zero-order chi connectivity index (χ0) is 44.4. The molecule has 0 radical (unpaired) electrons.